The van der Waals surface area contributed by atoms with Gasteiger partial charge in [-0.25, -0.2) is 9.78 Å². The van der Waals surface area contributed by atoms with Gasteiger partial charge in [0.25, 0.3) is 0 Å². The average molecular weight is 393 g/mol. The number of amides is 3. The van der Waals surface area contributed by atoms with Crippen molar-refractivity contribution >= 4 is 11.9 Å². The molecule has 2 heterocycles. The van der Waals surface area contributed by atoms with Gasteiger partial charge in [0.1, 0.15) is 11.3 Å². The van der Waals surface area contributed by atoms with Crippen LogP contribution in [0.5, 0.6) is 11.6 Å². The summed E-state index contributed by atoms with van der Waals surface area (Å²) in [6.07, 6.45) is -3.37. The Hall–Kier alpha value is -3.10. The molecule has 2 atom stereocenters. The number of ether oxygens (including phenoxy) is 1. The second kappa shape index (κ2) is 7.14. The van der Waals surface area contributed by atoms with Crippen LogP contribution in [0.2, 0.25) is 0 Å². The van der Waals surface area contributed by atoms with Gasteiger partial charge in [0, 0.05) is 13.2 Å². The monoisotopic (exact) mass is 393 g/mol. The van der Waals surface area contributed by atoms with Crippen molar-refractivity contribution in [3.8, 4) is 11.6 Å². The number of alkyl halides is 3. The minimum atomic E-state index is -4.59. The molecule has 9 heteroatoms. The van der Waals surface area contributed by atoms with Gasteiger partial charge in [-0.15, -0.1) is 0 Å². The number of imide groups is 1. The summed E-state index contributed by atoms with van der Waals surface area (Å²) in [5.74, 6) is -1.23. The van der Waals surface area contributed by atoms with Crippen molar-refractivity contribution in [2.45, 2.75) is 26.1 Å². The maximum Gasteiger partial charge on any atom is 0.421 e. The Morgan fingerprint density at radius 3 is 2.57 bits per heavy atom. The number of rotatable bonds is 3. The molecule has 28 heavy (non-hydrogen) atoms. The van der Waals surface area contributed by atoms with Crippen LogP contribution in [0, 0.1) is 12.8 Å². The van der Waals surface area contributed by atoms with Crippen LogP contribution >= 0.6 is 0 Å². The highest BCUT2D eigenvalue weighted by Crippen LogP contribution is 2.38. The van der Waals surface area contributed by atoms with Gasteiger partial charge in [-0.1, -0.05) is 13.0 Å². The second-order valence-corrected chi connectivity index (χ2v) is 6.61. The molecule has 0 radical (unpaired) electrons. The molecule has 1 aliphatic heterocycles. The van der Waals surface area contributed by atoms with E-state index in [4.69, 9.17) is 4.74 Å². The Bertz CT molecular complexity index is 910. The van der Waals surface area contributed by atoms with E-state index in [9.17, 15) is 22.8 Å². The normalized spacial score (nSPS) is 20.1. The van der Waals surface area contributed by atoms with E-state index in [1.807, 2.05) is 0 Å². The standard InChI is InChI=1S/C19H18F3N3O3/c1-10-9-12(28-17-14(19(20,21)22)5-4-8-23-17)6-7-13(10)15-11(2)16(26)24-18(27)25(15)3/h4-9,11,15H,1-3H3,(H,24,26,27). The molecule has 3 rings (SSSR count). The van der Waals surface area contributed by atoms with Crippen molar-refractivity contribution in [2.24, 2.45) is 5.92 Å². The van der Waals surface area contributed by atoms with Crippen molar-refractivity contribution < 1.29 is 27.5 Å². The highest BCUT2D eigenvalue weighted by atomic mass is 19.4. The SMILES string of the molecule is Cc1cc(Oc2ncccc2C(F)(F)F)ccc1C1C(C)C(=O)NC(=O)N1C. The molecule has 6 nitrogen and oxygen atoms in total. The quantitative estimate of drug-likeness (QED) is 0.854. The molecule has 148 valence electrons. The van der Waals surface area contributed by atoms with Gasteiger partial charge >= 0.3 is 12.2 Å². The second-order valence-electron chi connectivity index (χ2n) is 6.61. The number of hydrogen-bond donors (Lipinski definition) is 1. The van der Waals surface area contributed by atoms with Crippen LogP contribution < -0.4 is 10.1 Å². The van der Waals surface area contributed by atoms with E-state index in [1.165, 1.54) is 23.2 Å². The van der Waals surface area contributed by atoms with Gasteiger partial charge in [0.05, 0.1) is 12.0 Å². The molecule has 2 unspecified atom stereocenters. The Morgan fingerprint density at radius 1 is 1.21 bits per heavy atom. The van der Waals surface area contributed by atoms with Crippen LogP contribution in [0.15, 0.2) is 36.5 Å². The lowest BCUT2D eigenvalue weighted by Gasteiger charge is -2.37. The highest BCUT2D eigenvalue weighted by Gasteiger charge is 2.38. The van der Waals surface area contributed by atoms with E-state index in [0.29, 0.717) is 11.1 Å². The fraction of sp³-hybridized carbons (Fsp3) is 0.316. The first-order valence-corrected chi connectivity index (χ1v) is 8.48. The van der Waals surface area contributed by atoms with Crippen molar-refractivity contribution in [1.82, 2.24) is 15.2 Å². The zero-order valence-electron chi connectivity index (χ0n) is 15.4. The maximum absolute atomic E-state index is 13.1. The number of halogens is 3. The summed E-state index contributed by atoms with van der Waals surface area (Å²) in [4.78, 5) is 29.0. The molecular formula is C19H18F3N3O3. The molecule has 1 saturated heterocycles. The summed E-state index contributed by atoms with van der Waals surface area (Å²) < 4.78 is 44.7. The van der Waals surface area contributed by atoms with E-state index < -0.39 is 35.6 Å². The summed E-state index contributed by atoms with van der Waals surface area (Å²) in [6, 6.07) is 5.78. The summed E-state index contributed by atoms with van der Waals surface area (Å²) in [7, 11) is 1.58. The summed E-state index contributed by atoms with van der Waals surface area (Å²) >= 11 is 0. The summed E-state index contributed by atoms with van der Waals surface area (Å²) in [6.45, 7) is 3.44. The topological polar surface area (TPSA) is 71.5 Å². The third kappa shape index (κ3) is 3.64. The van der Waals surface area contributed by atoms with Gasteiger partial charge in [-0.2, -0.15) is 13.2 Å². The molecule has 2 aromatic rings. The van der Waals surface area contributed by atoms with Crippen LogP contribution in [-0.4, -0.2) is 28.9 Å². The van der Waals surface area contributed by atoms with Crippen molar-refractivity contribution in [1.29, 1.82) is 0 Å². The number of nitrogens with one attached hydrogen (secondary N) is 1. The van der Waals surface area contributed by atoms with E-state index in [-0.39, 0.29) is 11.7 Å². The van der Waals surface area contributed by atoms with Gasteiger partial charge in [0.2, 0.25) is 11.8 Å². The molecule has 1 fully saturated rings. The minimum absolute atomic E-state index is 0.173. The number of pyridine rings is 1. The first-order chi connectivity index (χ1) is 13.1. The molecule has 1 aromatic carbocycles. The summed E-state index contributed by atoms with van der Waals surface area (Å²) in [5, 5.41) is 2.27. The number of benzene rings is 1. The number of hydrogen-bond acceptors (Lipinski definition) is 4. The van der Waals surface area contributed by atoms with Crippen molar-refractivity contribution in [2.75, 3.05) is 7.05 Å². The number of aromatic nitrogens is 1. The van der Waals surface area contributed by atoms with E-state index in [1.54, 1.807) is 33.0 Å². The molecule has 0 aliphatic carbocycles. The van der Waals surface area contributed by atoms with Crippen LogP contribution in [0.4, 0.5) is 18.0 Å². The molecule has 1 aliphatic rings. The lowest BCUT2D eigenvalue weighted by Crippen LogP contribution is -2.53. The highest BCUT2D eigenvalue weighted by molar-refractivity contribution is 5.98. The first-order valence-electron chi connectivity index (χ1n) is 8.48. The average Bonchev–Trinajstić information content (AvgIpc) is 2.61. The summed E-state index contributed by atoms with van der Waals surface area (Å²) in [5.41, 5.74) is 0.412. The zero-order chi connectivity index (χ0) is 20.6. The van der Waals surface area contributed by atoms with E-state index >= 15 is 0 Å². The lowest BCUT2D eigenvalue weighted by atomic mass is 9.88. The maximum atomic E-state index is 13.1. The number of urea groups is 1. The van der Waals surface area contributed by atoms with Crippen LogP contribution in [-0.2, 0) is 11.0 Å². The molecular weight excluding hydrogens is 375 g/mol. The Kier molecular flexibility index (Phi) is 5.01. The van der Waals surface area contributed by atoms with E-state index in [2.05, 4.69) is 10.3 Å². The third-order valence-corrected chi connectivity index (χ3v) is 4.71. The third-order valence-electron chi connectivity index (χ3n) is 4.71. The first kappa shape index (κ1) is 19.7. The Morgan fingerprint density at radius 2 is 1.93 bits per heavy atom. The molecule has 0 bridgehead atoms. The lowest BCUT2D eigenvalue weighted by molar-refractivity contribution is -0.138. The predicted molar refractivity (Wildman–Crippen MR) is 93.7 cm³/mol. The molecule has 0 saturated carbocycles. The molecule has 1 aromatic heterocycles. The fourth-order valence-electron chi connectivity index (χ4n) is 3.23. The number of nitrogens with zero attached hydrogens (tertiary/aromatic N) is 2. The predicted octanol–water partition coefficient (Wildman–Crippen LogP) is 4.06. The fourth-order valence-corrected chi connectivity index (χ4v) is 3.23. The van der Waals surface area contributed by atoms with Gasteiger partial charge in [-0.05, 0) is 42.3 Å². The largest absolute Gasteiger partial charge is 0.438 e. The van der Waals surface area contributed by atoms with Gasteiger partial charge < -0.3 is 9.64 Å². The van der Waals surface area contributed by atoms with Crippen molar-refractivity contribution in [3.63, 3.8) is 0 Å². The molecule has 3 amide bonds. The minimum Gasteiger partial charge on any atom is -0.438 e. The van der Waals surface area contributed by atoms with Crippen molar-refractivity contribution in [3.05, 3.63) is 53.2 Å². The Balaban J connectivity index is 1.92. The zero-order valence-corrected chi connectivity index (χ0v) is 15.4. The number of aryl methyl sites for hydroxylation is 1. The van der Waals surface area contributed by atoms with Crippen LogP contribution in [0.1, 0.15) is 29.7 Å². The smallest absolute Gasteiger partial charge is 0.421 e. The van der Waals surface area contributed by atoms with Crippen LogP contribution in [0.25, 0.3) is 0 Å². The molecule has 1 N–H and O–H groups in total. The number of carbonyl (C=O) groups is 2. The van der Waals surface area contributed by atoms with Gasteiger partial charge in [0.15, 0.2) is 0 Å². The van der Waals surface area contributed by atoms with Gasteiger partial charge in [-0.3, -0.25) is 10.1 Å². The van der Waals surface area contributed by atoms with Crippen LogP contribution in [0.3, 0.4) is 0 Å². The number of carbonyl (C=O) groups excluding carboxylic acids is 2. The Labute approximate surface area is 159 Å². The van der Waals surface area contributed by atoms with E-state index in [0.717, 1.165) is 6.07 Å². The molecule has 0 spiro atoms.